The Bertz CT molecular complexity index is 1100. The number of anilines is 1. The minimum Gasteiger partial charge on any atom is -0.474 e. The van der Waals surface area contributed by atoms with Gasteiger partial charge in [0.05, 0.1) is 16.1 Å². The molecule has 3 rings (SSSR count). The largest absolute Gasteiger partial charge is 0.474 e. The average Bonchev–Trinajstić information content (AvgIpc) is 2.73. The summed E-state index contributed by atoms with van der Waals surface area (Å²) in [4.78, 5) is 12.9. The first-order valence-corrected chi connectivity index (χ1v) is 9.05. The van der Waals surface area contributed by atoms with E-state index >= 15 is 0 Å². The number of rotatable bonds is 5. The van der Waals surface area contributed by atoms with Crippen molar-refractivity contribution in [3.8, 4) is 11.8 Å². The minimum atomic E-state index is -4.67. The summed E-state index contributed by atoms with van der Waals surface area (Å²) in [6.07, 6.45) is -5.87. The molecule has 0 aliphatic rings. The third kappa shape index (κ3) is 4.91. The SMILES string of the molecule is N#Cc1ccccc1OC(C(=O)Nc1ccc(Cl)c(C(F)(F)F)c1)c1ccccc1. The van der Waals surface area contributed by atoms with E-state index in [0.29, 0.717) is 5.56 Å². The summed E-state index contributed by atoms with van der Waals surface area (Å²) >= 11 is 5.63. The van der Waals surface area contributed by atoms with Crippen LogP contribution >= 0.6 is 11.6 Å². The second-order valence-electron chi connectivity index (χ2n) is 6.20. The molecule has 0 spiro atoms. The van der Waals surface area contributed by atoms with E-state index < -0.39 is 28.8 Å². The van der Waals surface area contributed by atoms with Gasteiger partial charge in [-0.3, -0.25) is 4.79 Å². The molecule has 3 aromatic rings. The van der Waals surface area contributed by atoms with Crippen molar-refractivity contribution in [1.82, 2.24) is 0 Å². The van der Waals surface area contributed by atoms with Crippen molar-refractivity contribution in [2.75, 3.05) is 5.32 Å². The molecule has 3 aromatic carbocycles. The van der Waals surface area contributed by atoms with E-state index in [2.05, 4.69) is 5.32 Å². The van der Waals surface area contributed by atoms with Gasteiger partial charge in [0.2, 0.25) is 6.10 Å². The number of amides is 1. The number of benzene rings is 3. The molecule has 0 heterocycles. The summed E-state index contributed by atoms with van der Waals surface area (Å²) in [7, 11) is 0. The maximum absolute atomic E-state index is 13.1. The molecular formula is C22H14ClF3N2O2. The molecule has 1 unspecified atom stereocenters. The van der Waals surface area contributed by atoms with Gasteiger partial charge in [-0.2, -0.15) is 18.4 Å². The molecule has 30 heavy (non-hydrogen) atoms. The average molecular weight is 431 g/mol. The highest BCUT2D eigenvalue weighted by Gasteiger charge is 2.34. The number of carbonyl (C=O) groups excluding carboxylic acids is 1. The van der Waals surface area contributed by atoms with Gasteiger partial charge in [-0.25, -0.2) is 0 Å². The maximum Gasteiger partial charge on any atom is 0.417 e. The number of alkyl halides is 3. The summed E-state index contributed by atoms with van der Waals surface area (Å²) in [5.41, 5.74) is -0.464. The van der Waals surface area contributed by atoms with Crippen molar-refractivity contribution >= 4 is 23.2 Å². The first-order valence-electron chi connectivity index (χ1n) is 8.68. The third-order valence-electron chi connectivity index (χ3n) is 4.13. The van der Waals surface area contributed by atoms with Crippen LogP contribution < -0.4 is 10.1 Å². The number of ether oxygens (including phenoxy) is 1. The Balaban J connectivity index is 1.93. The van der Waals surface area contributed by atoms with Crippen molar-refractivity contribution < 1.29 is 22.7 Å². The molecule has 152 valence electrons. The molecule has 0 saturated carbocycles. The van der Waals surface area contributed by atoms with Gasteiger partial charge in [0.1, 0.15) is 11.8 Å². The van der Waals surface area contributed by atoms with Crippen LogP contribution in [0.15, 0.2) is 72.8 Å². The van der Waals surface area contributed by atoms with Crippen molar-refractivity contribution in [2.45, 2.75) is 12.3 Å². The fourth-order valence-electron chi connectivity index (χ4n) is 2.72. The van der Waals surface area contributed by atoms with Gasteiger partial charge in [-0.05, 0) is 30.3 Å². The van der Waals surface area contributed by atoms with Crippen LogP contribution in [0, 0.1) is 11.3 Å². The zero-order valence-corrected chi connectivity index (χ0v) is 16.0. The molecule has 0 fully saturated rings. The normalized spacial score (nSPS) is 12.0. The number of hydrogen-bond acceptors (Lipinski definition) is 3. The molecule has 0 saturated heterocycles. The van der Waals surface area contributed by atoms with Gasteiger partial charge < -0.3 is 10.1 Å². The van der Waals surface area contributed by atoms with Crippen LogP contribution in [-0.2, 0) is 11.0 Å². The molecule has 0 aromatic heterocycles. The second kappa shape index (κ2) is 8.89. The van der Waals surface area contributed by atoms with Crippen LogP contribution in [0.1, 0.15) is 22.8 Å². The van der Waals surface area contributed by atoms with E-state index in [1.165, 1.54) is 18.2 Å². The standard InChI is InChI=1S/C22H14ClF3N2O2/c23-18-11-10-16(12-17(18)22(24,25)26)28-21(29)20(14-6-2-1-3-7-14)30-19-9-5-4-8-15(19)13-27/h1-12,20H,(H,28,29). The van der Waals surface area contributed by atoms with E-state index in [9.17, 15) is 23.2 Å². The lowest BCUT2D eigenvalue weighted by Crippen LogP contribution is -2.26. The molecule has 0 bridgehead atoms. The summed E-state index contributed by atoms with van der Waals surface area (Å²) in [6.45, 7) is 0. The zero-order chi connectivity index (χ0) is 21.7. The van der Waals surface area contributed by atoms with Crippen LogP contribution in [0.5, 0.6) is 5.75 Å². The van der Waals surface area contributed by atoms with E-state index in [-0.39, 0.29) is 17.0 Å². The highest BCUT2D eigenvalue weighted by atomic mass is 35.5. The van der Waals surface area contributed by atoms with Gasteiger partial charge in [-0.1, -0.05) is 54.1 Å². The number of hydrogen-bond donors (Lipinski definition) is 1. The quantitative estimate of drug-likeness (QED) is 0.541. The van der Waals surface area contributed by atoms with E-state index in [0.717, 1.165) is 12.1 Å². The molecule has 8 heteroatoms. The van der Waals surface area contributed by atoms with Crippen molar-refractivity contribution in [3.05, 3.63) is 94.5 Å². The summed E-state index contributed by atoms with van der Waals surface area (Å²) in [6, 6.07) is 19.8. The number of nitrogens with zero attached hydrogens (tertiary/aromatic N) is 1. The minimum absolute atomic E-state index is 0.0881. The topological polar surface area (TPSA) is 62.1 Å². The van der Waals surface area contributed by atoms with Crippen molar-refractivity contribution in [1.29, 1.82) is 5.26 Å². The van der Waals surface area contributed by atoms with Crippen molar-refractivity contribution in [3.63, 3.8) is 0 Å². The van der Waals surface area contributed by atoms with Crippen LogP contribution in [0.3, 0.4) is 0 Å². The molecule has 0 aliphatic heterocycles. The fraction of sp³-hybridized carbons (Fsp3) is 0.0909. The Morgan fingerprint density at radius 1 is 1.03 bits per heavy atom. The van der Waals surface area contributed by atoms with Gasteiger partial charge in [-0.15, -0.1) is 0 Å². The second-order valence-corrected chi connectivity index (χ2v) is 6.61. The Labute approximate surface area is 175 Å². The highest BCUT2D eigenvalue weighted by molar-refractivity contribution is 6.31. The summed E-state index contributed by atoms with van der Waals surface area (Å²) < 4.78 is 45.1. The Morgan fingerprint density at radius 2 is 1.70 bits per heavy atom. The molecule has 4 nitrogen and oxygen atoms in total. The number of nitriles is 1. The first kappa shape index (κ1) is 21.2. The van der Waals surface area contributed by atoms with Crippen LogP contribution in [0.2, 0.25) is 5.02 Å². The monoisotopic (exact) mass is 430 g/mol. The predicted octanol–water partition coefficient (Wildman–Crippen LogP) is 5.99. The highest BCUT2D eigenvalue weighted by Crippen LogP contribution is 2.36. The van der Waals surface area contributed by atoms with Crippen LogP contribution in [0.25, 0.3) is 0 Å². The zero-order valence-electron chi connectivity index (χ0n) is 15.3. The fourth-order valence-corrected chi connectivity index (χ4v) is 2.94. The maximum atomic E-state index is 13.1. The molecule has 0 aliphatic carbocycles. The Hall–Kier alpha value is -3.50. The number of nitrogens with one attached hydrogen (secondary N) is 1. The lowest BCUT2D eigenvalue weighted by Gasteiger charge is -2.20. The molecule has 1 N–H and O–H groups in total. The summed E-state index contributed by atoms with van der Waals surface area (Å²) in [5, 5.41) is 11.2. The van der Waals surface area contributed by atoms with Gasteiger partial charge in [0.15, 0.2) is 0 Å². The Kier molecular flexibility index (Phi) is 6.28. The Morgan fingerprint density at radius 3 is 2.37 bits per heavy atom. The van der Waals surface area contributed by atoms with Gasteiger partial charge in [0.25, 0.3) is 5.91 Å². The van der Waals surface area contributed by atoms with Gasteiger partial charge in [0, 0.05) is 11.3 Å². The van der Waals surface area contributed by atoms with E-state index in [1.54, 1.807) is 42.5 Å². The third-order valence-corrected chi connectivity index (χ3v) is 4.46. The molecule has 1 amide bonds. The van der Waals surface area contributed by atoms with Gasteiger partial charge >= 0.3 is 6.18 Å². The number of para-hydroxylation sites is 1. The van der Waals surface area contributed by atoms with Crippen LogP contribution in [-0.4, -0.2) is 5.91 Å². The lowest BCUT2D eigenvalue weighted by molar-refractivity contribution is -0.137. The first-order chi connectivity index (χ1) is 14.3. The van der Waals surface area contributed by atoms with E-state index in [1.807, 2.05) is 6.07 Å². The van der Waals surface area contributed by atoms with Crippen molar-refractivity contribution in [2.24, 2.45) is 0 Å². The summed E-state index contributed by atoms with van der Waals surface area (Å²) in [5.74, 6) is -0.527. The molecular weight excluding hydrogens is 417 g/mol. The number of carbonyl (C=O) groups is 1. The van der Waals surface area contributed by atoms with E-state index in [4.69, 9.17) is 16.3 Å². The number of halogens is 4. The molecule has 0 radical (unpaired) electrons. The smallest absolute Gasteiger partial charge is 0.417 e. The lowest BCUT2D eigenvalue weighted by atomic mass is 10.1. The predicted molar refractivity (Wildman–Crippen MR) is 106 cm³/mol. The molecule has 1 atom stereocenters. The van der Waals surface area contributed by atoms with Crippen LogP contribution in [0.4, 0.5) is 18.9 Å².